The molecule has 1 aliphatic rings. The van der Waals surface area contributed by atoms with Gasteiger partial charge in [0.15, 0.2) is 0 Å². The molecule has 1 saturated carbocycles. The Morgan fingerprint density at radius 3 is 2.80 bits per heavy atom. The second-order valence-corrected chi connectivity index (χ2v) is 7.07. The molecule has 1 heterocycles. The summed E-state index contributed by atoms with van der Waals surface area (Å²) in [6.07, 6.45) is 5.09. The molecule has 20 heavy (non-hydrogen) atoms. The minimum atomic E-state index is 0.592. The van der Waals surface area contributed by atoms with Crippen LogP contribution in [0.5, 0.6) is 5.75 Å². The maximum absolute atomic E-state index is 6.20. The lowest BCUT2D eigenvalue weighted by Gasteiger charge is -2.07. The first kappa shape index (κ1) is 13.9. The van der Waals surface area contributed by atoms with E-state index in [0.29, 0.717) is 5.92 Å². The summed E-state index contributed by atoms with van der Waals surface area (Å²) in [6.45, 7) is 0. The number of methoxy groups -OCH3 is 1. The average molecular weight is 353 g/mol. The summed E-state index contributed by atoms with van der Waals surface area (Å²) in [4.78, 5) is 4.80. The zero-order valence-electron chi connectivity index (χ0n) is 11.4. The van der Waals surface area contributed by atoms with E-state index in [9.17, 15) is 0 Å². The highest BCUT2D eigenvalue weighted by Gasteiger charge is 2.23. The third-order valence-corrected chi connectivity index (χ3v) is 5.33. The zero-order chi connectivity index (χ0) is 14.1. The van der Waals surface area contributed by atoms with Crippen LogP contribution < -0.4 is 10.5 Å². The van der Waals surface area contributed by atoms with Crippen LogP contribution in [-0.4, -0.2) is 12.1 Å². The Hall–Kier alpha value is -1.07. The molecule has 3 rings (SSSR count). The van der Waals surface area contributed by atoms with E-state index in [4.69, 9.17) is 15.5 Å². The number of hydrogen-bond acceptors (Lipinski definition) is 4. The Kier molecular flexibility index (Phi) is 3.98. The third kappa shape index (κ3) is 2.56. The molecule has 0 saturated heterocycles. The minimum absolute atomic E-state index is 0.592. The maximum Gasteiger partial charge on any atom is 0.128 e. The quantitative estimate of drug-likeness (QED) is 0.861. The SMILES string of the molecule is COc1ccc(Br)cc1-c1nc(C2CCCC2)sc1N. The average Bonchev–Trinajstić information content (AvgIpc) is 3.07. The first-order valence-electron chi connectivity index (χ1n) is 6.79. The molecule has 106 valence electrons. The van der Waals surface area contributed by atoms with E-state index in [0.717, 1.165) is 26.5 Å². The van der Waals surface area contributed by atoms with Gasteiger partial charge in [-0.05, 0) is 31.0 Å². The molecule has 3 nitrogen and oxygen atoms in total. The number of ether oxygens (including phenoxy) is 1. The summed E-state index contributed by atoms with van der Waals surface area (Å²) in [5, 5.41) is 1.96. The van der Waals surface area contributed by atoms with Crippen molar-refractivity contribution in [1.29, 1.82) is 0 Å². The molecule has 2 aromatic rings. The number of halogens is 1. The molecule has 0 bridgehead atoms. The van der Waals surface area contributed by atoms with Crippen LogP contribution in [0.25, 0.3) is 11.3 Å². The maximum atomic E-state index is 6.20. The van der Waals surface area contributed by atoms with E-state index in [1.54, 1.807) is 18.4 Å². The molecular weight excluding hydrogens is 336 g/mol. The first-order chi connectivity index (χ1) is 9.69. The van der Waals surface area contributed by atoms with E-state index in [2.05, 4.69) is 15.9 Å². The Morgan fingerprint density at radius 1 is 1.35 bits per heavy atom. The highest BCUT2D eigenvalue weighted by molar-refractivity contribution is 9.10. The fourth-order valence-electron chi connectivity index (χ4n) is 2.75. The largest absolute Gasteiger partial charge is 0.496 e. The summed E-state index contributed by atoms with van der Waals surface area (Å²) in [5.74, 6) is 1.40. The molecule has 5 heteroatoms. The second-order valence-electron chi connectivity index (χ2n) is 5.09. The van der Waals surface area contributed by atoms with E-state index in [1.807, 2.05) is 18.2 Å². The van der Waals surface area contributed by atoms with Gasteiger partial charge in [0, 0.05) is 16.0 Å². The summed E-state index contributed by atoms with van der Waals surface area (Å²) < 4.78 is 6.44. The third-order valence-electron chi connectivity index (χ3n) is 3.79. The number of benzene rings is 1. The number of thiazole rings is 1. The van der Waals surface area contributed by atoms with Crippen molar-refractivity contribution in [3.8, 4) is 17.0 Å². The number of nitrogens with two attached hydrogens (primary N) is 1. The number of hydrogen-bond donors (Lipinski definition) is 1. The van der Waals surface area contributed by atoms with Crippen molar-refractivity contribution >= 4 is 32.3 Å². The normalized spacial score (nSPS) is 15.7. The van der Waals surface area contributed by atoms with Gasteiger partial charge in [-0.2, -0.15) is 0 Å². The Balaban J connectivity index is 2.03. The van der Waals surface area contributed by atoms with Crippen LogP contribution in [0, 0.1) is 0 Å². The van der Waals surface area contributed by atoms with Gasteiger partial charge >= 0.3 is 0 Å². The molecule has 1 aromatic heterocycles. The van der Waals surface area contributed by atoms with Gasteiger partial charge in [-0.3, -0.25) is 0 Å². The van der Waals surface area contributed by atoms with Crippen molar-refractivity contribution < 1.29 is 4.74 Å². The molecule has 2 N–H and O–H groups in total. The lowest BCUT2D eigenvalue weighted by molar-refractivity contribution is 0.416. The van der Waals surface area contributed by atoms with Crippen LogP contribution >= 0.6 is 27.3 Å². The molecule has 0 spiro atoms. The molecule has 0 amide bonds. The van der Waals surface area contributed by atoms with Crippen molar-refractivity contribution in [2.24, 2.45) is 0 Å². The van der Waals surface area contributed by atoms with Crippen LogP contribution in [0.3, 0.4) is 0 Å². The number of rotatable bonds is 3. The smallest absolute Gasteiger partial charge is 0.128 e. The molecule has 0 radical (unpaired) electrons. The fraction of sp³-hybridized carbons (Fsp3) is 0.400. The number of aromatic nitrogens is 1. The number of anilines is 1. The van der Waals surface area contributed by atoms with E-state index >= 15 is 0 Å². The Labute approximate surface area is 131 Å². The number of nitrogens with zero attached hydrogens (tertiary/aromatic N) is 1. The van der Waals surface area contributed by atoms with Crippen molar-refractivity contribution in [2.45, 2.75) is 31.6 Å². The lowest BCUT2D eigenvalue weighted by Crippen LogP contribution is -1.93. The van der Waals surface area contributed by atoms with E-state index in [-0.39, 0.29) is 0 Å². The molecule has 0 atom stereocenters. The lowest BCUT2D eigenvalue weighted by atomic mass is 10.1. The van der Waals surface area contributed by atoms with Crippen molar-refractivity contribution in [3.63, 3.8) is 0 Å². The second kappa shape index (κ2) is 5.74. The van der Waals surface area contributed by atoms with Gasteiger partial charge in [-0.25, -0.2) is 4.98 Å². The zero-order valence-corrected chi connectivity index (χ0v) is 13.8. The molecule has 0 aliphatic heterocycles. The fourth-order valence-corrected chi connectivity index (χ4v) is 4.13. The van der Waals surface area contributed by atoms with Crippen molar-refractivity contribution in [3.05, 3.63) is 27.7 Å². The molecule has 1 aromatic carbocycles. The monoisotopic (exact) mass is 352 g/mol. The minimum Gasteiger partial charge on any atom is -0.496 e. The van der Waals surface area contributed by atoms with Crippen LogP contribution in [-0.2, 0) is 0 Å². The topological polar surface area (TPSA) is 48.1 Å². The molecule has 1 aliphatic carbocycles. The standard InChI is InChI=1S/C15H17BrN2OS/c1-19-12-7-6-10(16)8-11(12)13-14(17)20-15(18-13)9-4-2-3-5-9/h6-9H,2-5,17H2,1H3. The highest BCUT2D eigenvalue weighted by Crippen LogP contribution is 2.43. The Bertz CT molecular complexity index is 620. The van der Waals surface area contributed by atoms with Gasteiger partial charge in [-0.1, -0.05) is 28.8 Å². The Morgan fingerprint density at radius 2 is 2.10 bits per heavy atom. The van der Waals surface area contributed by atoms with Gasteiger partial charge in [0.25, 0.3) is 0 Å². The van der Waals surface area contributed by atoms with Crippen molar-refractivity contribution in [2.75, 3.05) is 12.8 Å². The van der Waals surface area contributed by atoms with E-state index in [1.165, 1.54) is 30.7 Å². The summed E-state index contributed by atoms with van der Waals surface area (Å²) in [6, 6.07) is 5.92. The van der Waals surface area contributed by atoms with Crippen LogP contribution in [0.4, 0.5) is 5.00 Å². The van der Waals surface area contributed by atoms with Crippen LogP contribution in [0.1, 0.15) is 36.6 Å². The van der Waals surface area contributed by atoms with Gasteiger partial charge in [-0.15, -0.1) is 11.3 Å². The van der Waals surface area contributed by atoms with Gasteiger partial charge in [0.1, 0.15) is 16.4 Å². The van der Waals surface area contributed by atoms with Gasteiger partial charge in [0.2, 0.25) is 0 Å². The molecule has 0 unspecified atom stereocenters. The summed E-state index contributed by atoms with van der Waals surface area (Å²) in [5.41, 5.74) is 8.01. The predicted molar refractivity (Wildman–Crippen MR) is 87.4 cm³/mol. The molecule has 1 fully saturated rings. The van der Waals surface area contributed by atoms with Crippen LogP contribution in [0.2, 0.25) is 0 Å². The van der Waals surface area contributed by atoms with Gasteiger partial charge in [0.05, 0.1) is 12.1 Å². The van der Waals surface area contributed by atoms with Gasteiger partial charge < -0.3 is 10.5 Å². The predicted octanol–water partition coefficient (Wildman–Crippen LogP) is 4.82. The summed E-state index contributed by atoms with van der Waals surface area (Å²) >= 11 is 5.13. The van der Waals surface area contributed by atoms with E-state index < -0.39 is 0 Å². The molecular formula is C15H17BrN2OS. The van der Waals surface area contributed by atoms with Crippen LogP contribution in [0.15, 0.2) is 22.7 Å². The summed E-state index contributed by atoms with van der Waals surface area (Å²) in [7, 11) is 1.67. The van der Waals surface area contributed by atoms with Crippen molar-refractivity contribution in [1.82, 2.24) is 4.98 Å². The highest BCUT2D eigenvalue weighted by atomic mass is 79.9. The first-order valence-corrected chi connectivity index (χ1v) is 8.40. The number of nitrogen functional groups attached to an aromatic ring is 1.